The average molecular weight is 243 g/mol. The van der Waals surface area contributed by atoms with E-state index in [-0.39, 0.29) is 12.1 Å². The van der Waals surface area contributed by atoms with Crippen LogP contribution in [0.25, 0.3) is 0 Å². The van der Waals surface area contributed by atoms with Crippen LogP contribution in [-0.2, 0) is 0 Å². The molecule has 18 heavy (non-hydrogen) atoms. The molecule has 0 saturated carbocycles. The molecule has 0 radical (unpaired) electrons. The van der Waals surface area contributed by atoms with Gasteiger partial charge in [0.25, 0.3) is 0 Å². The van der Waals surface area contributed by atoms with Crippen LogP contribution >= 0.6 is 0 Å². The van der Waals surface area contributed by atoms with Gasteiger partial charge in [0, 0.05) is 6.54 Å². The van der Waals surface area contributed by atoms with Gasteiger partial charge >= 0.3 is 6.03 Å². The Morgan fingerprint density at radius 3 is 2.56 bits per heavy atom. The van der Waals surface area contributed by atoms with Gasteiger partial charge in [0.2, 0.25) is 0 Å². The van der Waals surface area contributed by atoms with Crippen LogP contribution in [0.4, 0.5) is 4.79 Å². The molecular weight excluding hydrogens is 226 g/mol. The Labute approximate surface area is 107 Å². The Balaban J connectivity index is 2.54. The molecule has 0 heterocycles. The monoisotopic (exact) mass is 243 g/mol. The van der Waals surface area contributed by atoms with Crippen molar-refractivity contribution in [3.63, 3.8) is 0 Å². The first-order valence-electron chi connectivity index (χ1n) is 5.71. The smallest absolute Gasteiger partial charge is 0.315 e. The molecule has 0 aliphatic rings. The van der Waals surface area contributed by atoms with E-state index in [9.17, 15) is 4.79 Å². The standard InChI is InChI=1S/C14H17N3O/c1-10(2)9-16-14(18)17-11(3)13-6-4-12(8-15)5-7-13/h4-7,11H,1,9H2,2-3H3,(H2,16,17,18)/t11-/m0/s1. The quantitative estimate of drug-likeness (QED) is 0.798. The number of amides is 2. The van der Waals surface area contributed by atoms with Gasteiger partial charge in [-0.1, -0.05) is 24.3 Å². The zero-order chi connectivity index (χ0) is 13.5. The fourth-order valence-corrected chi connectivity index (χ4v) is 1.41. The van der Waals surface area contributed by atoms with Gasteiger partial charge in [-0.25, -0.2) is 4.79 Å². The number of nitrogens with zero attached hydrogens (tertiary/aromatic N) is 1. The zero-order valence-electron chi connectivity index (χ0n) is 10.7. The molecule has 0 aromatic heterocycles. The summed E-state index contributed by atoms with van der Waals surface area (Å²) in [7, 11) is 0. The van der Waals surface area contributed by atoms with Crippen molar-refractivity contribution < 1.29 is 4.79 Å². The van der Waals surface area contributed by atoms with Crippen molar-refractivity contribution in [2.45, 2.75) is 19.9 Å². The van der Waals surface area contributed by atoms with Crippen LogP contribution in [0.2, 0.25) is 0 Å². The van der Waals surface area contributed by atoms with E-state index in [4.69, 9.17) is 5.26 Å². The minimum absolute atomic E-state index is 0.108. The van der Waals surface area contributed by atoms with Crippen LogP contribution in [0.1, 0.15) is 31.0 Å². The number of nitrogens with one attached hydrogen (secondary N) is 2. The molecule has 0 aliphatic heterocycles. The molecule has 0 unspecified atom stereocenters. The van der Waals surface area contributed by atoms with E-state index in [2.05, 4.69) is 23.3 Å². The van der Waals surface area contributed by atoms with Crippen LogP contribution in [-0.4, -0.2) is 12.6 Å². The first kappa shape index (κ1) is 13.8. The Morgan fingerprint density at radius 1 is 1.44 bits per heavy atom. The van der Waals surface area contributed by atoms with Crippen molar-refractivity contribution >= 4 is 6.03 Å². The molecule has 1 rings (SSSR count). The SMILES string of the molecule is C=C(C)CNC(=O)N[C@@H](C)c1ccc(C#N)cc1. The second-order valence-electron chi connectivity index (χ2n) is 4.24. The van der Waals surface area contributed by atoms with E-state index in [0.29, 0.717) is 12.1 Å². The minimum atomic E-state index is -0.227. The van der Waals surface area contributed by atoms with E-state index < -0.39 is 0 Å². The highest BCUT2D eigenvalue weighted by atomic mass is 16.2. The van der Waals surface area contributed by atoms with E-state index in [1.54, 1.807) is 12.1 Å². The summed E-state index contributed by atoms with van der Waals surface area (Å²) < 4.78 is 0. The van der Waals surface area contributed by atoms with Crippen LogP contribution in [0.5, 0.6) is 0 Å². The van der Waals surface area contributed by atoms with Crippen molar-refractivity contribution in [3.05, 3.63) is 47.5 Å². The van der Waals surface area contributed by atoms with Gasteiger partial charge < -0.3 is 10.6 Å². The average Bonchev–Trinajstić information content (AvgIpc) is 2.36. The second kappa shape index (κ2) is 6.45. The highest BCUT2D eigenvalue weighted by molar-refractivity contribution is 5.74. The lowest BCUT2D eigenvalue weighted by atomic mass is 10.1. The highest BCUT2D eigenvalue weighted by Gasteiger charge is 2.08. The van der Waals surface area contributed by atoms with Gasteiger partial charge in [0.15, 0.2) is 0 Å². The predicted octanol–water partition coefficient (Wildman–Crippen LogP) is 2.49. The number of urea groups is 1. The maximum atomic E-state index is 11.5. The van der Waals surface area contributed by atoms with Crippen molar-refractivity contribution in [1.82, 2.24) is 10.6 Å². The van der Waals surface area contributed by atoms with Crippen molar-refractivity contribution in [2.75, 3.05) is 6.54 Å². The summed E-state index contributed by atoms with van der Waals surface area (Å²) in [5, 5.41) is 14.2. The first-order chi connectivity index (χ1) is 8.52. The Hall–Kier alpha value is -2.28. The molecule has 0 spiro atoms. The number of carbonyl (C=O) groups excluding carboxylic acids is 1. The topological polar surface area (TPSA) is 64.9 Å². The van der Waals surface area contributed by atoms with Crippen LogP contribution in [0.3, 0.4) is 0 Å². The summed E-state index contributed by atoms with van der Waals surface area (Å²) in [5.41, 5.74) is 2.47. The summed E-state index contributed by atoms with van der Waals surface area (Å²) in [6, 6.07) is 8.86. The van der Waals surface area contributed by atoms with Crippen LogP contribution in [0, 0.1) is 11.3 Å². The summed E-state index contributed by atoms with van der Waals surface area (Å²) >= 11 is 0. The number of hydrogen-bond donors (Lipinski definition) is 2. The molecule has 2 amide bonds. The van der Waals surface area contributed by atoms with Gasteiger partial charge in [-0.2, -0.15) is 5.26 Å². The van der Waals surface area contributed by atoms with Crippen LogP contribution < -0.4 is 10.6 Å². The Bertz CT molecular complexity index is 471. The summed E-state index contributed by atoms with van der Waals surface area (Å²) in [5.74, 6) is 0. The normalized spacial score (nSPS) is 11.2. The number of carbonyl (C=O) groups is 1. The number of nitriles is 1. The molecule has 4 heteroatoms. The molecule has 1 aromatic carbocycles. The molecular formula is C14H17N3O. The maximum absolute atomic E-state index is 11.5. The van der Waals surface area contributed by atoms with Gasteiger partial charge in [0.1, 0.15) is 0 Å². The highest BCUT2D eigenvalue weighted by Crippen LogP contribution is 2.12. The van der Waals surface area contributed by atoms with E-state index in [1.807, 2.05) is 26.0 Å². The van der Waals surface area contributed by atoms with E-state index in [1.165, 1.54) is 0 Å². The fraction of sp³-hybridized carbons (Fsp3) is 0.286. The van der Waals surface area contributed by atoms with Crippen molar-refractivity contribution in [3.8, 4) is 6.07 Å². The van der Waals surface area contributed by atoms with Gasteiger partial charge in [-0.3, -0.25) is 0 Å². The third kappa shape index (κ3) is 4.30. The molecule has 0 aliphatic carbocycles. The number of benzene rings is 1. The predicted molar refractivity (Wildman–Crippen MR) is 70.9 cm³/mol. The summed E-state index contributed by atoms with van der Waals surface area (Å²) in [6.45, 7) is 7.92. The number of hydrogen-bond acceptors (Lipinski definition) is 2. The third-order valence-electron chi connectivity index (χ3n) is 2.44. The molecule has 94 valence electrons. The minimum Gasteiger partial charge on any atom is -0.334 e. The summed E-state index contributed by atoms with van der Waals surface area (Å²) in [6.07, 6.45) is 0. The Morgan fingerprint density at radius 2 is 2.06 bits per heavy atom. The Kier molecular flexibility index (Phi) is 4.94. The zero-order valence-corrected chi connectivity index (χ0v) is 10.7. The van der Waals surface area contributed by atoms with E-state index in [0.717, 1.165) is 11.1 Å². The summed E-state index contributed by atoms with van der Waals surface area (Å²) in [4.78, 5) is 11.5. The fourth-order valence-electron chi connectivity index (χ4n) is 1.41. The molecule has 2 N–H and O–H groups in total. The van der Waals surface area contributed by atoms with Crippen molar-refractivity contribution in [1.29, 1.82) is 5.26 Å². The molecule has 1 atom stereocenters. The van der Waals surface area contributed by atoms with Crippen molar-refractivity contribution in [2.24, 2.45) is 0 Å². The van der Waals surface area contributed by atoms with Gasteiger partial charge in [-0.15, -0.1) is 0 Å². The molecule has 0 fully saturated rings. The van der Waals surface area contributed by atoms with Gasteiger partial charge in [0.05, 0.1) is 17.7 Å². The first-order valence-corrected chi connectivity index (χ1v) is 5.71. The second-order valence-corrected chi connectivity index (χ2v) is 4.24. The number of rotatable bonds is 4. The molecule has 0 bridgehead atoms. The maximum Gasteiger partial charge on any atom is 0.315 e. The third-order valence-corrected chi connectivity index (χ3v) is 2.44. The lowest BCUT2D eigenvalue weighted by Gasteiger charge is -2.15. The van der Waals surface area contributed by atoms with E-state index >= 15 is 0 Å². The molecule has 1 aromatic rings. The lowest BCUT2D eigenvalue weighted by Crippen LogP contribution is -2.37. The van der Waals surface area contributed by atoms with Gasteiger partial charge in [-0.05, 0) is 31.5 Å². The molecule has 4 nitrogen and oxygen atoms in total. The molecule has 0 saturated heterocycles. The largest absolute Gasteiger partial charge is 0.334 e. The van der Waals surface area contributed by atoms with Crippen LogP contribution in [0.15, 0.2) is 36.4 Å². The lowest BCUT2D eigenvalue weighted by molar-refractivity contribution is 0.238.